The fourth-order valence-corrected chi connectivity index (χ4v) is 1.08. The summed E-state index contributed by atoms with van der Waals surface area (Å²) in [5, 5.41) is 19.4. The summed E-state index contributed by atoms with van der Waals surface area (Å²) in [7, 11) is 0. The predicted molar refractivity (Wildman–Crippen MR) is 47.0 cm³/mol. The van der Waals surface area contributed by atoms with Gasteiger partial charge in [0.1, 0.15) is 0 Å². The Bertz CT molecular complexity index is 347. The molecule has 0 heterocycles. The van der Waals surface area contributed by atoms with Crippen molar-refractivity contribution in [2.24, 2.45) is 0 Å². The Labute approximate surface area is 75.3 Å². The molecule has 0 aromatic heterocycles. The van der Waals surface area contributed by atoms with Crippen molar-refractivity contribution in [3.63, 3.8) is 0 Å². The summed E-state index contributed by atoms with van der Waals surface area (Å²) in [4.78, 5) is 10.0. The molecule has 0 aliphatic heterocycles. The van der Waals surface area contributed by atoms with Gasteiger partial charge in [-0.1, -0.05) is 12.6 Å². The topological polar surface area (TPSA) is 63.4 Å². The molecular formula is C9H8NO3. The fraction of sp³-hybridized carbons (Fsp3) is 0.111. The average Bonchev–Trinajstić information content (AvgIpc) is 2.16. The summed E-state index contributed by atoms with van der Waals surface area (Å²) in [5.41, 5.74) is 0.454. The molecule has 1 rings (SSSR count). The fourth-order valence-electron chi connectivity index (χ4n) is 1.08. The van der Waals surface area contributed by atoms with Crippen LogP contribution in [0.1, 0.15) is 11.1 Å². The van der Waals surface area contributed by atoms with E-state index >= 15 is 0 Å². The van der Waals surface area contributed by atoms with Crippen molar-refractivity contribution in [3.8, 4) is 0 Å². The van der Waals surface area contributed by atoms with E-state index in [0.717, 1.165) is 0 Å². The molecule has 0 aliphatic rings. The van der Waals surface area contributed by atoms with Crippen LogP contribution >= 0.6 is 0 Å². The number of nitrogens with zero attached hydrogens (tertiary/aromatic N) is 1. The van der Waals surface area contributed by atoms with Crippen molar-refractivity contribution in [1.82, 2.24) is 0 Å². The highest BCUT2D eigenvalue weighted by Gasteiger charge is 2.16. The Morgan fingerprint density at radius 3 is 2.77 bits per heavy atom. The van der Waals surface area contributed by atoms with Crippen molar-refractivity contribution in [3.05, 3.63) is 52.1 Å². The molecule has 0 saturated heterocycles. The minimum Gasteiger partial charge on any atom is -0.391 e. The van der Waals surface area contributed by atoms with Crippen LogP contribution in [0.3, 0.4) is 0 Å². The lowest BCUT2D eigenvalue weighted by Crippen LogP contribution is -1.98. The smallest absolute Gasteiger partial charge is 0.282 e. The van der Waals surface area contributed by atoms with Gasteiger partial charge >= 0.3 is 0 Å². The van der Waals surface area contributed by atoms with Gasteiger partial charge in [-0.3, -0.25) is 10.1 Å². The van der Waals surface area contributed by atoms with E-state index in [9.17, 15) is 10.1 Å². The molecule has 0 saturated carbocycles. The molecule has 0 unspecified atom stereocenters. The van der Waals surface area contributed by atoms with E-state index in [-0.39, 0.29) is 17.9 Å². The van der Waals surface area contributed by atoms with Crippen LogP contribution in [0.5, 0.6) is 0 Å². The normalized spacial score (nSPS) is 9.62. The monoisotopic (exact) mass is 178 g/mol. The van der Waals surface area contributed by atoms with Gasteiger partial charge in [-0.05, 0) is 18.2 Å². The molecular weight excluding hydrogens is 170 g/mol. The Hall–Kier alpha value is -1.68. The summed E-state index contributed by atoms with van der Waals surface area (Å²) >= 11 is 0. The van der Waals surface area contributed by atoms with Gasteiger partial charge in [0.05, 0.1) is 22.7 Å². The molecule has 1 aromatic carbocycles. The number of aliphatic hydroxyl groups is 1. The third-order valence-corrected chi connectivity index (χ3v) is 1.66. The van der Waals surface area contributed by atoms with Crippen molar-refractivity contribution >= 4 is 5.69 Å². The molecule has 13 heavy (non-hydrogen) atoms. The molecule has 1 N–H and O–H groups in total. The molecule has 0 amide bonds. The number of para-hydroxylation sites is 1. The molecule has 1 aromatic rings. The maximum Gasteiger partial charge on any atom is 0.282 e. The second kappa shape index (κ2) is 3.82. The van der Waals surface area contributed by atoms with E-state index in [1.54, 1.807) is 6.07 Å². The van der Waals surface area contributed by atoms with Crippen molar-refractivity contribution < 1.29 is 10.0 Å². The highest BCUT2D eigenvalue weighted by Crippen LogP contribution is 2.23. The molecule has 1 radical (unpaired) electrons. The van der Waals surface area contributed by atoms with Crippen molar-refractivity contribution in [2.75, 3.05) is 0 Å². The summed E-state index contributed by atoms with van der Waals surface area (Å²) in [6.45, 7) is 2.98. The molecule has 0 spiro atoms. The van der Waals surface area contributed by atoms with Gasteiger partial charge in [0.15, 0.2) is 0 Å². The number of nitro groups is 1. The molecule has 0 atom stereocenters. The number of benzene rings is 1. The number of rotatable bonds is 3. The Kier molecular flexibility index (Phi) is 2.76. The predicted octanol–water partition coefficient (Wildman–Crippen LogP) is 1.42. The molecule has 67 valence electrons. The van der Waals surface area contributed by atoms with Crippen LogP contribution in [0, 0.1) is 16.2 Å². The van der Waals surface area contributed by atoms with Gasteiger partial charge < -0.3 is 5.11 Å². The minimum atomic E-state index is -0.543. The first-order valence-corrected chi connectivity index (χ1v) is 3.61. The lowest BCUT2D eigenvalue weighted by Gasteiger charge is -2.01. The molecule has 4 nitrogen and oxygen atoms in total. The standard InChI is InChI=1S/C9H8NO3/c1-2-7-4-3-5-8(6-11)9(7)10(12)13/h3-5,11H,1,6H2. The van der Waals surface area contributed by atoms with E-state index in [2.05, 4.69) is 12.7 Å². The number of aliphatic hydroxyl groups excluding tert-OH is 1. The number of nitro benzene ring substituents is 1. The average molecular weight is 178 g/mol. The van der Waals surface area contributed by atoms with Gasteiger partial charge in [0, 0.05) is 0 Å². The first kappa shape index (κ1) is 9.41. The maximum absolute atomic E-state index is 10.6. The zero-order valence-corrected chi connectivity index (χ0v) is 6.86. The van der Waals surface area contributed by atoms with Gasteiger partial charge in [-0.2, -0.15) is 0 Å². The number of hydrogen-bond acceptors (Lipinski definition) is 3. The van der Waals surface area contributed by atoms with Crippen LogP contribution in [-0.2, 0) is 6.61 Å². The molecule has 0 fully saturated rings. The number of hydrogen-bond donors (Lipinski definition) is 1. The van der Waals surface area contributed by atoms with Crippen LogP contribution in [-0.4, -0.2) is 10.0 Å². The summed E-state index contributed by atoms with van der Waals surface area (Å²) < 4.78 is 0. The van der Waals surface area contributed by atoms with Crippen LogP contribution in [0.25, 0.3) is 0 Å². The van der Waals surface area contributed by atoms with E-state index < -0.39 is 4.92 Å². The third kappa shape index (κ3) is 1.73. The summed E-state index contributed by atoms with van der Waals surface area (Å²) in [5.74, 6) is 0. The Morgan fingerprint density at radius 2 is 2.31 bits per heavy atom. The zero-order chi connectivity index (χ0) is 9.84. The lowest BCUT2D eigenvalue weighted by molar-refractivity contribution is -0.386. The van der Waals surface area contributed by atoms with Gasteiger partial charge in [0.2, 0.25) is 0 Å². The van der Waals surface area contributed by atoms with Crippen LogP contribution in [0.15, 0.2) is 24.8 Å². The van der Waals surface area contributed by atoms with Crippen LogP contribution in [0.2, 0.25) is 0 Å². The van der Waals surface area contributed by atoms with E-state index in [1.165, 1.54) is 12.1 Å². The van der Waals surface area contributed by atoms with Gasteiger partial charge in [0.25, 0.3) is 5.69 Å². The molecule has 4 heteroatoms. The quantitative estimate of drug-likeness (QED) is 0.562. The van der Waals surface area contributed by atoms with E-state index in [0.29, 0.717) is 5.56 Å². The second-order valence-electron chi connectivity index (χ2n) is 2.41. The van der Waals surface area contributed by atoms with E-state index in [4.69, 9.17) is 5.11 Å². The summed E-state index contributed by atoms with van der Waals surface area (Å²) in [6.07, 6.45) is 2.45. The van der Waals surface area contributed by atoms with Crippen LogP contribution < -0.4 is 0 Å². The highest BCUT2D eigenvalue weighted by atomic mass is 16.6. The van der Waals surface area contributed by atoms with Crippen molar-refractivity contribution in [2.45, 2.75) is 6.61 Å². The minimum absolute atomic E-state index is 0.125. The van der Waals surface area contributed by atoms with Gasteiger partial charge in [-0.25, -0.2) is 0 Å². The Balaban J connectivity index is 3.38. The third-order valence-electron chi connectivity index (χ3n) is 1.66. The van der Waals surface area contributed by atoms with E-state index in [1.807, 2.05) is 0 Å². The first-order chi connectivity index (χ1) is 6.20. The maximum atomic E-state index is 10.6. The largest absolute Gasteiger partial charge is 0.391 e. The SMILES string of the molecule is C=[C]c1cccc(CO)c1[N+](=O)[O-]. The van der Waals surface area contributed by atoms with Gasteiger partial charge in [-0.15, -0.1) is 0 Å². The molecule has 0 aliphatic carbocycles. The zero-order valence-electron chi connectivity index (χ0n) is 6.86. The second-order valence-corrected chi connectivity index (χ2v) is 2.41. The summed E-state index contributed by atoms with van der Waals surface area (Å²) in [6, 6.07) is 4.65. The van der Waals surface area contributed by atoms with Crippen molar-refractivity contribution in [1.29, 1.82) is 0 Å². The lowest BCUT2D eigenvalue weighted by atomic mass is 10.1. The highest BCUT2D eigenvalue weighted by molar-refractivity contribution is 5.50. The Morgan fingerprint density at radius 1 is 1.62 bits per heavy atom. The first-order valence-electron chi connectivity index (χ1n) is 3.61. The molecule has 0 bridgehead atoms. The van der Waals surface area contributed by atoms with Crippen LogP contribution in [0.4, 0.5) is 5.69 Å².